The fourth-order valence-corrected chi connectivity index (χ4v) is 6.68. The van der Waals surface area contributed by atoms with Crippen molar-refractivity contribution < 1.29 is 18.0 Å². The minimum Gasteiger partial charge on any atom is -0.354 e. The lowest BCUT2D eigenvalue weighted by Crippen LogP contribution is -2.53. The van der Waals surface area contributed by atoms with Crippen LogP contribution in [-0.2, 0) is 32.6 Å². The van der Waals surface area contributed by atoms with Gasteiger partial charge in [-0.25, -0.2) is 8.42 Å². The highest BCUT2D eigenvalue weighted by Gasteiger charge is 2.35. The van der Waals surface area contributed by atoms with Gasteiger partial charge in [-0.3, -0.25) is 13.9 Å². The third-order valence-corrected chi connectivity index (χ3v) is 9.72. The van der Waals surface area contributed by atoms with Crippen molar-refractivity contribution in [2.24, 2.45) is 5.92 Å². The van der Waals surface area contributed by atoms with Crippen LogP contribution in [0.5, 0.6) is 0 Å². The average Bonchev–Trinajstić information content (AvgIpc) is 3.03. The van der Waals surface area contributed by atoms with Gasteiger partial charge in [0.2, 0.25) is 11.8 Å². The lowest BCUT2D eigenvalue weighted by Gasteiger charge is -2.34. The van der Waals surface area contributed by atoms with E-state index in [1.165, 1.54) is 9.21 Å². The Hall–Kier alpha value is -4.43. The van der Waals surface area contributed by atoms with E-state index in [-0.39, 0.29) is 29.7 Å². The summed E-state index contributed by atoms with van der Waals surface area (Å²) in [6, 6.07) is 28.7. The molecule has 0 radical (unpaired) electrons. The van der Waals surface area contributed by atoms with E-state index in [4.69, 9.17) is 0 Å². The van der Waals surface area contributed by atoms with E-state index in [2.05, 4.69) is 5.32 Å². The Balaban J connectivity index is 1.82. The molecular formula is C38H45N3O4S. The van der Waals surface area contributed by atoms with Gasteiger partial charge in [0, 0.05) is 19.5 Å². The maximum atomic E-state index is 14.6. The van der Waals surface area contributed by atoms with Crippen LogP contribution in [0, 0.1) is 33.6 Å². The molecule has 0 aromatic heterocycles. The number of nitrogens with one attached hydrogen (secondary N) is 1. The van der Waals surface area contributed by atoms with E-state index in [1.807, 2.05) is 108 Å². The monoisotopic (exact) mass is 639 g/mol. The molecule has 0 aliphatic heterocycles. The molecule has 4 aromatic carbocycles. The second kappa shape index (κ2) is 15.2. The fourth-order valence-electron chi connectivity index (χ4n) is 5.21. The van der Waals surface area contributed by atoms with Crippen molar-refractivity contribution in [2.45, 2.75) is 65.4 Å². The summed E-state index contributed by atoms with van der Waals surface area (Å²) in [5.41, 5.74) is 5.74. The van der Waals surface area contributed by atoms with Crippen LogP contribution in [0.15, 0.2) is 102 Å². The van der Waals surface area contributed by atoms with Crippen molar-refractivity contribution in [3.63, 3.8) is 0 Å². The predicted octanol–water partition coefficient (Wildman–Crippen LogP) is 6.53. The number of nitrogens with zero attached hydrogens (tertiary/aromatic N) is 2. The number of sulfonamides is 1. The van der Waals surface area contributed by atoms with Crippen molar-refractivity contribution in [1.29, 1.82) is 0 Å². The van der Waals surface area contributed by atoms with Crippen LogP contribution in [0.1, 0.15) is 47.2 Å². The summed E-state index contributed by atoms with van der Waals surface area (Å²) >= 11 is 0. The Morgan fingerprint density at radius 3 is 1.93 bits per heavy atom. The van der Waals surface area contributed by atoms with E-state index in [1.54, 1.807) is 30.3 Å². The van der Waals surface area contributed by atoms with E-state index in [0.717, 1.165) is 33.4 Å². The molecule has 7 nitrogen and oxygen atoms in total. The number of rotatable bonds is 13. The summed E-state index contributed by atoms with van der Waals surface area (Å²) in [7, 11) is -4.16. The first-order chi connectivity index (χ1) is 21.8. The zero-order chi connectivity index (χ0) is 33.4. The summed E-state index contributed by atoms with van der Waals surface area (Å²) in [5, 5.41) is 3.03. The zero-order valence-electron chi connectivity index (χ0n) is 27.7. The first-order valence-electron chi connectivity index (χ1n) is 15.7. The molecule has 1 N–H and O–H groups in total. The number of hydrogen-bond donors (Lipinski definition) is 1. The highest BCUT2D eigenvalue weighted by molar-refractivity contribution is 7.92. The van der Waals surface area contributed by atoms with Crippen molar-refractivity contribution in [3.8, 4) is 0 Å². The van der Waals surface area contributed by atoms with Crippen LogP contribution >= 0.6 is 0 Å². The molecule has 0 fully saturated rings. The maximum absolute atomic E-state index is 14.6. The predicted molar refractivity (Wildman–Crippen MR) is 185 cm³/mol. The standard InChI is InChI=1S/C38H45N3O4S/c1-27(2)24-39-38(43)36(23-32-10-8-7-9-11-32)40(25-33-18-13-28(3)14-19-33)37(42)26-41(35-22-30(5)12-17-31(35)6)46(44,45)34-20-15-29(4)16-21-34/h7-22,27,36H,23-26H2,1-6H3,(H,39,43)/t36-/m1/s1. The molecular weight excluding hydrogens is 595 g/mol. The Kier molecular flexibility index (Phi) is 11.4. The third-order valence-electron chi connectivity index (χ3n) is 7.95. The molecule has 0 bridgehead atoms. The molecule has 2 amide bonds. The van der Waals surface area contributed by atoms with Crippen LogP contribution in [0.25, 0.3) is 0 Å². The summed E-state index contributed by atoms with van der Waals surface area (Å²) in [6.45, 7) is 11.7. The van der Waals surface area contributed by atoms with Crippen LogP contribution < -0.4 is 9.62 Å². The zero-order valence-corrected chi connectivity index (χ0v) is 28.5. The SMILES string of the molecule is Cc1ccc(CN(C(=O)CN(c2cc(C)ccc2C)S(=O)(=O)c2ccc(C)cc2)[C@H](Cc2ccccc2)C(=O)NCC(C)C)cc1. The van der Waals surface area contributed by atoms with Crippen molar-refractivity contribution >= 4 is 27.5 Å². The van der Waals surface area contributed by atoms with Crippen LogP contribution in [0.3, 0.4) is 0 Å². The van der Waals surface area contributed by atoms with Crippen molar-refractivity contribution in [2.75, 3.05) is 17.4 Å². The van der Waals surface area contributed by atoms with Gasteiger partial charge in [0.15, 0.2) is 0 Å². The van der Waals surface area contributed by atoms with Crippen LogP contribution in [0.2, 0.25) is 0 Å². The summed E-state index contributed by atoms with van der Waals surface area (Å²) < 4.78 is 29.8. The molecule has 46 heavy (non-hydrogen) atoms. The summed E-state index contributed by atoms with van der Waals surface area (Å²) in [5.74, 6) is -0.544. The van der Waals surface area contributed by atoms with Crippen molar-refractivity contribution in [3.05, 3.63) is 130 Å². The Labute approximate surface area is 274 Å². The summed E-state index contributed by atoms with van der Waals surface area (Å²) in [4.78, 5) is 30.2. The van der Waals surface area contributed by atoms with Crippen LogP contribution in [0.4, 0.5) is 5.69 Å². The molecule has 4 rings (SSSR count). The lowest BCUT2D eigenvalue weighted by atomic mass is 10.0. The molecule has 0 aliphatic rings. The lowest BCUT2D eigenvalue weighted by molar-refractivity contribution is -0.140. The molecule has 4 aromatic rings. The number of carbonyl (C=O) groups excluding carboxylic acids is 2. The quantitative estimate of drug-likeness (QED) is 0.180. The molecule has 242 valence electrons. The van der Waals surface area contributed by atoms with E-state index >= 15 is 0 Å². The van der Waals surface area contributed by atoms with Gasteiger partial charge in [-0.1, -0.05) is 104 Å². The summed E-state index contributed by atoms with van der Waals surface area (Å²) in [6.07, 6.45) is 0.274. The van der Waals surface area contributed by atoms with Gasteiger partial charge in [-0.05, 0) is 74.1 Å². The van der Waals surface area contributed by atoms with E-state index < -0.39 is 28.5 Å². The molecule has 0 unspecified atom stereocenters. The van der Waals surface area contributed by atoms with Crippen LogP contribution in [-0.4, -0.2) is 44.3 Å². The second-order valence-corrected chi connectivity index (χ2v) is 14.3. The average molecular weight is 640 g/mol. The van der Waals surface area contributed by atoms with Gasteiger partial charge in [-0.2, -0.15) is 0 Å². The number of carbonyl (C=O) groups is 2. The van der Waals surface area contributed by atoms with Gasteiger partial charge in [0.05, 0.1) is 10.6 Å². The first kappa shape index (κ1) is 34.4. The minimum atomic E-state index is -4.16. The highest BCUT2D eigenvalue weighted by atomic mass is 32.2. The number of amides is 2. The van der Waals surface area contributed by atoms with Crippen molar-refractivity contribution in [1.82, 2.24) is 10.2 Å². The highest BCUT2D eigenvalue weighted by Crippen LogP contribution is 2.29. The minimum absolute atomic E-state index is 0.0902. The number of hydrogen-bond acceptors (Lipinski definition) is 4. The Morgan fingerprint density at radius 1 is 0.739 bits per heavy atom. The normalized spacial score (nSPS) is 12.1. The molecule has 0 saturated heterocycles. The molecule has 0 spiro atoms. The maximum Gasteiger partial charge on any atom is 0.264 e. The van der Waals surface area contributed by atoms with Gasteiger partial charge in [0.25, 0.3) is 10.0 Å². The molecule has 0 saturated carbocycles. The van der Waals surface area contributed by atoms with Gasteiger partial charge in [0.1, 0.15) is 12.6 Å². The largest absolute Gasteiger partial charge is 0.354 e. The van der Waals surface area contributed by atoms with Gasteiger partial charge < -0.3 is 10.2 Å². The number of anilines is 1. The van der Waals surface area contributed by atoms with E-state index in [0.29, 0.717) is 12.2 Å². The van der Waals surface area contributed by atoms with E-state index in [9.17, 15) is 18.0 Å². The Bertz CT molecular complexity index is 1740. The smallest absolute Gasteiger partial charge is 0.264 e. The molecule has 8 heteroatoms. The Morgan fingerprint density at radius 2 is 1.33 bits per heavy atom. The molecule has 0 aliphatic carbocycles. The van der Waals surface area contributed by atoms with Gasteiger partial charge >= 0.3 is 0 Å². The first-order valence-corrected chi connectivity index (χ1v) is 17.1. The molecule has 1 atom stereocenters. The third kappa shape index (κ3) is 8.85. The number of aryl methyl sites for hydroxylation is 4. The second-order valence-electron chi connectivity index (χ2n) is 12.5. The number of benzene rings is 4. The topological polar surface area (TPSA) is 86.8 Å². The fraction of sp³-hybridized carbons (Fsp3) is 0.316. The van der Waals surface area contributed by atoms with Gasteiger partial charge in [-0.15, -0.1) is 0 Å². The molecule has 0 heterocycles.